The highest BCUT2D eigenvalue weighted by Crippen LogP contribution is 2.39. The summed E-state index contributed by atoms with van der Waals surface area (Å²) in [5.41, 5.74) is 2.83. The molecule has 130 valence electrons. The summed E-state index contributed by atoms with van der Waals surface area (Å²) in [5, 5.41) is 6.41. The molecule has 0 radical (unpaired) electrons. The summed E-state index contributed by atoms with van der Waals surface area (Å²) in [6, 6.07) is 14.8. The van der Waals surface area contributed by atoms with E-state index in [0.29, 0.717) is 23.6 Å². The minimum Gasteiger partial charge on any atom is -0.350 e. The first-order valence-electron chi connectivity index (χ1n) is 7.94. The Bertz CT molecular complexity index is 956. The number of rotatable bonds is 3. The van der Waals surface area contributed by atoms with E-state index in [-0.39, 0.29) is 0 Å². The fourth-order valence-electron chi connectivity index (χ4n) is 2.68. The van der Waals surface area contributed by atoms with Crippen molar-refractivity contribution in [2.75, 3.05) is 5.32 Å². The van der Waals surface area contributed by atoms with Crippen LogP contribution in [0.25, 0.3) is 11.1 Å². The molecule has 4 nitrogen and oxygen atoms in total. The topological polar surface area (TPSA) is 49.3 Å². The normalized spacial score (nSPS) is 12.8. The molecule has 3 aromatic rings. The van der Waals surface area contributed by atoms with Crippen molar-refractivity contribution in [3.05, 3.63) is 78.1 Å². The molecule has 0 amide bonds. The van der Waals surface area contributed by atoms with Gasteiger partial charge >= 0.3 is 0 Å². The first-order chi connectivity index (χ1) is 12.7. The number of anilines is 1. The van der Waals surface area contributed by atoms with Crippen LogP contribution in [0, 0.1) is 11.6 Å². The van der Waals surface area contributed by atoms with Gasteiger partial charge in [0.05, 0.1) is 22.8 Å². The van der Waals surface area contributed by atoms with E-state index in [0.717, 1.165) is 22.3 Å². The van der Waals surface area contributed by atoms with Gasteiger partial charge in [0.1, 0.15) is 11.6 Å². The average Bonchev–Trinajstić information content (AvgIpc) is 2.66. The SMILES string of the molecule is Fc1cc(F)cc(-c2cccc3c2NC(NCc2ccccn2)=NS3)c1. The summed E-state index contributed by atoms with van der Waals surface area (Å²) in [5.74, 6) is -0.649. The Balaban J connectivity index is 1.59. The van der Waals surface area contributed by atoms with Crippen LogP contribution in [0.3, 0.4) is 0 Å². The lowest BCUT2D eigenvalue weighted by molar-refractivity contribution is 0.584. The van der Waals surface area contributed by atoms with Gasteiger partial charge in [0.25, 0.3) is 0 Å². The second kappa shape index (κ2) is 7.13. The summed E-state index contributed by atoms with van der Waals surface area (Å²) < 4.78 is 31.6. The van der Waals surface area contributed by atoms with Crippen molar-refractivity contribution in [3.8, 4) is 11.1 Å². The van der Waals surface area contributed by atoms with Crippen LogP contribution in [0.5, 0.6) is 0 Å². The van der Waals surface area contributed by atoms with Crippen LogP contribution in [0.2, 0.25) is 0 Å². The van der Waals surface area contributed by atoms with E-state index in [9.17, 15) is 8.78 Å². The number of aromatic nitrogens is 1. The Hall–Kier alpha value is -2.93. The maximum absolute atomic E-state index is 13.6. The average molecular weight is 368 g/mol. The molecule has 0 bridgehead atoms. The molecule has 7 heteroatoms. The molecule has 0 saturated heterocycles. The summed E-state index contributed by atoms with van der Waals surface area (Å²) in [7, 11) is 0. The zero-order valence-electron chi connectivity index (χ0n) is 13.5. The fraction of sp³-hybridized carbons (Fsp3) is 0.0526. The Morgan fingerprint density at radius 2 is 1.85 bits per heavy atom. The molecule has 2 N–H and O–H groups in total. The summed E-state index contributed by atoms with van der Waals surface area (Å²) >= 11 is 1.30. The van der Waals surface area contributed by atoms with Gasteiger partial charge in [-0.3, -0.25) is 4.98 Å². The minimum absolute atomic E-state index is 0.471. The highest BCUT2D eigenvalue weighted by molar-refractivity contribution is 7.98. The quantitative estimate of drug-likeness (QED) is 0.663. The zero-order valence-corrected chi connectivity index (χ0v) is 14.4. The minimum atomic E-state index is -0.608. The van der Waals surface area contributed by atoms with Crippen LogP contribution in [-0.2, 0) is 6.54 Å². The van der Waals surface area contributed by atoms with E-state index in [4.69, 9.17) is 0 Å². The lowest BCUT2D eigenvalue weighted by atomic mass is 10.0. The molecule has 0 aliphatic carbocycles. The van der Waals surface area contributed by atoms with E-state index in [1.54, 1.807) is 6.20 Å². The van der Waals surface area contributed by atoms with Crippen molar-refractivity contribution in [2.45, 2.75) is 11.4 Å². The molecule has 1 aliphatic heterocycles. The third-order valence-electron chi connectivity index (χ3n) is 3.84. The van der Waals surface area contributed by atoms with Crippen molar-refractivity contribution < 1.29 is 8.78 Å². The summed E-state index contributed by atoms with van der Waals surface area (Å²) in [6.07, 6.45) is 1.73. The molecule has 0 spiro atoms. The van der Waals surface area contributed by atoms with Crippen LogP contribution in [-0.4, -0.2) is 10.9 Å². The lowest BCUT2D eigenvalue weighted by Gasteiger charge is -2.21. The molecule has 26 heavy (non-hydrogen) atoms. The lowest BCUT2D eigenvalue weighted by Crippen LogP contribution is -2.31. The molecule has 1 aliphatic rings. The standard InChI is InChI=1S/C19H14F2N4S/c20-13-8-12(9-14(21)10-13)16-5-3-6-17-18(16)24-19(25-26-17)23-11-15-4-1-2-7-22-15/h1-10H,11H2,(H2,23,24,25). The number of benzene rings is 2. The Kier molecular flexibility index (Phi) is 4.53. The second-order valence-corrected chi connectivity index (χ2v) is 6.47. The molecule has 0 fully saturated rings. The molecule has 2 heterocycles. The van der Waals surface area contributed by atoms with E-state index >= 15 is 0 Å². The van der Waals surface area contributed by atoms with Gasteiger partial charge < -0.3 is 10.6 Å². The Labute approximate surface area is 153 Å². The van der Waals surface area contributed by atoms with Crippen molar-refractivity contribution >= 4 is 23.6 Å². The van der Waals surface area contributed by atoms with Gasteiger partial charge in [-0.1, -0.05) is 18.2 Å². The van der Waals surface area contributed by atoms with Gasteiger partial charge in [0, 0.05) is 29.8 Å². The molecule has 1 aromatic heterocycles. The van der Waals surface area contributed by atoms with Crippen molar-refractivity contribution in [2.24, 2.45) is 4.40 Å². The van der Waals surface area contributed by atoms with Gasteiger partial charge in [-0.25, -0.2) is 8.78 Å². The number of guanidine groups is 1. The number of fused-ring (bicyclic) bond motifs is 1. The Morgan fingerprint density at radius 1 is 1.00 bits per heavy atom. The van der Waals surface area contributed by atoms with E-state index in [1.165, 1.54) is 24.1 Å². The van der Waals surface area contributed by atoms with Crippen molar-refractivity contribution in [1.29, 1.82) is 0 Å². The molecule has 0 atom stereocenters. The molecule has 0 saturated carbocycles. The number of hydrogen-bond acceptors (Lipinski definition) is 5. The molecule has 4 rings (SSSR count). The van der Waals surface area contributed by atoms with E-state index in [1.807, 2.05) is 36.4 Å². The van der Waals surface area contributed by atoms with Crippen LogP contribution in [0.15, 0.2) is 70.1 Å². The van der Waals surface area contributed by atoms with Crippen LogP contribution >= 0.6 is 11.9 Å². The van der Waals surface area contributed by atoms with Gasteiger partial charge in [-0.2, -0.15) is 4.40 Å². The van der Waals surface area contributed by atoms with Crippen molar-refractivity contribution in [3.63, 3.8) is 0 Å². The monoisotopic (exact) mass is 368 g/mol. The fourth-order valence-corrected chi connectivity index (χ4v) is 3.37. The van der Waals surface area contributed by atoms with Gasteiger partial charge in [0.15, 0.2) is 0 Å². The first kappa shape index (κ1) is 16.5. The number of nitrogens with zero attached hydrogens (tertiary/aromatic N) is 2. The van der Waals surface area contributed by atoms with Crippen LogP contribution in [0.4, 0.5) is 14.5 Å². The van der Waals surface area contributed by atoms with E-state index < -0.39 is 11.6 Å². The van der Waals surface area contributed by atoms with Gasteiger partial charge in [0.2, 0.25) is 5.96 Å². The number of pyridine rings is 1. The smallest absolute Gasteiger partial charge is 0.208 e. The number of halogens is 2. The first-order valence-corrected chi connectivity index (χ1v) is 8.72. The molecular formula is C19H14F2N4S. The summed E-state index contributed by atoms with van der Waals surface area (Å²) in [4.78, 5) is 5.14. The van der Waals surface area contributed by atoms with Gasteiger partial charge in [-0.05, 0) is 35.9 Å². The Morgan fingerprint density at radius 3 is 2.62 bits per heavy atom. The summed E-state index contributed by atoms with van der Waals surface area (Å²) in [6.45, 7) is 0.513. The highest BCUT2D eigenvalue weighted by atomic mass is 32.2. The predicted molar refractivity (Wildman–Crippen MR) is 99.8 cm³/mol. The van der Waals surface area contributed by atoms with Crippen LogP contribution in [0.1, 0.15) is 5.69 Å². The third-order valence-corrected chi connectivity index (χ3v) is 4.65. The largest absolute Gasteiger partial charge is 0.350 e. The maximum atomic E-state index is 13.6. The second-order valence-electron chi connectivity index (χ2n) is 5.67. The number of para-hydroxylation sites is 1. The van der Waals surface area contributed by atoms with E-state index in [2.05, 4.69) is 20.0 Å². The van der Waals surface area contributed by atoms with Crippen molar-refractivity contribution in [1.82, 2.24) is 10.3 Å². The maximum Gasteiger partial charge on any atom is 0.208 e. The molecular weight excluding hydrogens is 354 g/mol. The van der Waals surface area contributed by atoms with Crippen LogP contribution < -0.4 is 10.6 Å². The molecule has 0 unspecified atom stereocenters. The third kappa shape index (κ3) is 3.52. The zero-order chi connectivity index (χ0) is 17.9. The van der Waals surface area contributed by atoms with Gasteiger partial charge in [-0.15, -0.1) is 0 Å². The molecule has 2 aromatic carbocycles. The highest BCUT2D eigenvalue weighted by Gasteiger charge is 2.18. The number of hydrogen-bond donors (Lipinski definition) is 2. The predicted octanol–water partition coefficient (Wildman–Crippen LogP) is 4.61. The number of nitrogens with one attached hydrogen (secondary N) is 2.